The molecular weight excluding hydrogens is 186 g/mol. The monoisotopic (exact) mass is 205 g/mol. The molecule has 0 aromatic heterocycles. The van der Waals surface area contributed by atoms with Crippen LogP contribution in [0.4, 0.5) is 0 Å². The third-order valence-corrected chi connectivity index (χ3v) is 2.11. The number of ether oxygens (including phenoxy) is 1. The zero-order chi connectivity index (χ0) is 11.1. The fourth-order valence-electron chi connectivity index (χ4n) is 1.30. The molecule has 0 saturated carbocycles. The molecule has 0 aliphatic rings. The van der Waals surface area contributed by atoms with Gasteiger partial charge in [0.05, 0.1) is 6.61 Å². The van der Waals surface area contributed by atoms with Gasteiger partial charge in [-0.25, -0.2) is 0 Å². The van der Waals surface area contributed by atoms with Crippen LogP contribution in [0.3, 0.4) is 0 Å². The van der Waals surface area contributed by atoms with E-state index in [-0.39, 0.29) is 0 Å². The Hall–Kier alpha value is -1.28. The molecule has 0 N–H and O–H groups in total. The van der Waals surface area contributed by atoms with Crippen molar-refractivity contribution in [2.75, 3.05) is 27.2 Å². The largest absolute Gasteiger partial charge is 0.494 e. The summed E-state index contributed by atoms with van der Waals surface area (Å²) in [4.78, 5) is 2.16. The molecule has 0 bridgehead atoms. The highest BCUT2D eigenvalue weighted by Gasteiger charge is 1.95. The number of hydrogen-bond donors (Lipinski definition) is 0. The molecule has 0 amide bonds. The van der Waals surface area contributed by atoms with E-state index in [2.05, 4.69) is 25.6 Å². The maximum atomic E-state index is 5.62. The Bertz CT molecular complexity index is 307. The summed E-state index contributed by atoms with van der Waals surface area (Å²) in [5.74, 6) is 0.922. The molecule has 0 spiro atoms. The molecule has 0 atom stereocenters. The highest BCUT2D eigenvalue weighted by atomic mass is 16.5. The minimum absolute atomic E-state index is 0.763. The topological polar surface area (TPSA) is 12.5 Å². The summed E-state index contributed by atoms with van der Waals surface area (Å²) in [6, 6.07) is 7.98. The lowest BCUT2D eigenvalue weighted by Gasteiger charge is -2.10. The van der Waals surface area contributed by atoms with Crippen molar-refractivity contribution < 1.29 is 4.74 Å². The van der Waals surface area contributed by atoms with E-state index in [1.165, 1.54) is 0 Å². The van der Waals surface area contributed by atoms with Crippen molar-refractivity contribution in [1.29, 1.82) is 0 Å². The first-order valence-electron chi connectivity index (χ1n) is 5.22. The Morgan fingerprint density at radius 1 is 1.40 bits per heavy atom. The fourth-order valence-corrected chi connectivity index (χ4v) is 1.30. The van der Waals surface area contributed by atoms with E-state index in [4.69, 9.17) is 4.74 Å². The predicted molar refractivity (Wildman–Crippen MR) is 65.2 cm³/mol. The van der Waals surface area contributed by atoms with Crippen molar-refractivity contribution in [3.63, 3.8) is 0 Å². The summed E-state index contributed by atoms with van der Waals surface area (Å²) in [7, 11) is 4.14. The van der Waals surface area contributed by atoms with Crippen molar-refractivity contribution in [3.8, 4) is 5.75 Å². The molecule has 2 nitrogen and oxygen atoms in total. The molecule has 0 saturated heterocycles. The van der Waals surface area contributed by atoms with E-state index >= 15 is 0 Å². The molecule has 0 aliphatic carbocycles. The van der Waals surface area contributed by atoms with Crippen LogP contribution in [0, 0.1) is 0 Å². The lowest BCUT2D eigenvalue weighted by molar-refractivity contribution is 0.281. The van der Waals surface area contributed by atoms with Crippen LogP contribution in [0.5, 0.6) is 5.75 Å². The van der Waals surface area contributed by atoms with Crippen molar-refractivity contribution in [2.45, 2.75) is 6.42 Å². The van der Waals surface area contributed by atoms with Gasteiger partial charge in [-0.1, -0.05) is 24.8 Å². The van der Waals surface area contributed by atoms with Gasteiger partial charge in [0.1, 0.15) is 5.75 Å². The SMILES string of the molecule is C=Cc1cccc(OCCCN(C)C)c1. The molecule has 1 aromatic carbocycles. The van der Waals surface area contributed by atoms with E-state index in [9.17, 15) is 0 Å². The number of benzene rings is 1. The first-order chi connectivity index (χ1) is 7.22. The molecule has 2 heteroatoms. The Kier molecular flexibility index (Phi) is 4.91. The van der Waals surface area contributed by atoms with Gasteiger partial charge >= 0.3 is 0 Å². The Labute approximate surface area is 92.2 Å². The average molecular weight is 205 g/mol. The first kappa shape index (κ1) is 11.8. The van der Waals surface area contributed by atoms with Crippen molar-refractivity contribution in [3.05, 3.63) is 36.4 Å². The van der Waals surface area contributed by atoms with Gasteiger partial charge < -0.3 is 9.64 Å². The van der Waals surface area contributed by atoms with Gasteiger partial charge in [-0.05, 0) is 38.2 Å². The second kappa shape index (κ2) is 6.25. The van der Waals surface area contributed by atoms with Gasteiger partial charge in [0.15, 0.2) is 0 Å². The van der Waals surface area contributed by atoms with Gasteiger partial charge in [-0.15, -0.1) is 0 Å². The van der Waals surface area contributed by atoms with Crippen LogP contribution < -0.4 is 4.74 Å². The number of nitrogens with zero attached hydrogens (tertiary/aromatic N) is 1. The highest BCUT2D eigenvalue weighted by molar-refractivity contribution is 5.49. The van der Waals surface area contributed by atoms with Crippen molar-refractivity contribution >= 4 is 6.08 Å². The normalized spacial score (nSPS) is 10.3. The predicted octanol–water partition coefficient (Wildman–Crippen LogP) is 2.66. The maximum absolute atomic E-state index is 5.62. The molecule has 0 unspecified atom stereocenters. The van der Waals surface area contributed by atoms with E-state index in [1.54, 1.807) is 0 Å². The van der Waals surface area contributed by atoms with E-state index in [0.29, 0.717) is 0 Å². The number of rotatable bonds is 6. The van der Waals surface area contributed by atoms with E-state index in [1.807, 2.05) is 30.3 Å². The summed E-state index contributed by atoms with van der Waals surface area (Å²) >= 11 is 0. The van der Waals surface area contributed by atoms with Crippen molar-refractivity contribution in [1.82, 2.24) is 4.90 Å². The third kappa shape index (κ3) is 4.66. The van der Waals surface area contributed by atoms with Gasteiger partial charge in [0, 0.05) is 6.54 Å². The summed E-state index contributed by atoms with van der Waals surface area (Å²) in [5.41, 5.74) is 1.10. The summed E-state index contributed by atoms with van der Waals surface area (Å²) < 4.78 is 5.62. The summed E-state index contributed by atoms with van der Waals surface area (Å²) in [6.07, 6.45) is 2.87. The van der Waals surface area contributed by atoms with Crippen LogP contribution in [0.2, 0.25) is 0 Å². The Morgan fingerprint density at radius 2 is 2.20 bits per heavy atom. The van der Waals surface area contributed by atoms with Gasteiger partial charge in [-0.2, -0.15) is 0 Å². The smallest absolute Gasteiger partial charge is 0.119 e. The average Bonchev–Trinajstić information content (AvgIpc) is 2.24. The number of hydrogen-bond acceptors (Lipinski definition) is 2. The van der Waals surface area contributed by atoms with Crippen LogP contribution in [0.15, 0.2) is 30.8 Å². The van der Waals surface area contributed by atoms with Gasteiger partial charge in [0.25, 0.3) is 0 Å². The van der Waals surface area contributed by atoms with E-state index < -0.39 is 0 Å². The van der Waals surface area contributed by atoms with Gasteiger partial charge in [-0.3, -0.25) is 0 Å². The molecule has 1 aromatic rings. The fraction of sp³-hybridized carbons (Fsp3) is 0.385. The summed E-state index contributed by atoms with van der Waals surface area (Å²) in [5, 5.41) is 0. The molecular formula is C13H19NO. The molecule has 0 aliphatic heterocycles. The van der Waals surface area contributed by atoms with Crippen LogP contribution in [-0.2, 0) is 0 Å². The molecule has 82 valence electrons. The minimum Gasteiger partial charge on any atom is -0.494 e. The van der Waals surface area contributed by atoms with Crippen LogP contribution in [0.1, 0.15) is 12.0 Å². The van der Waals surface area contributed by atoms with Gasteiger partial charge in [0.2, 0.25) is 0 Å². The molecule has 1 rings (SSSR count). The minimum atomic E-state index is 0.763. The van der Waals surface area contributed by atoms with E-state index in [0.717, 1.165) is 30.9 Å². The summed E-state index contributed by atoms with van der Waals surface area (Å²) in [6.45, 7) is 5.55. The quantitative estimate of drug-likeness (QED) is 0.662. The van der Waals surface area contributed by atoms with Crippen LogP contribution in [-0.4, -0.2) is 32.1 Å². The van der Waals surface area contributed by atoms with Crippen LogP contribution in [0.25, 0.3) is 6.08 Å². The second-order valence-electron chi connectivity index (χ2n) is 3.78. The Balaban J connectivity index is 2.34. The zero-order valence-electron chi connectivity index (χ0n) is 9.57. The maximum Gasteiger partial charge on any atom is 0.119 e. The zero-order valence-corrected chi connectivity index (χ0v) is 9.57. The molecule has 15 heavy (non-hydrogen) atoms. The second-order valence-corrected chi connectivity index (χ2v) is 3.78. The van der Waals surface area contributed by atoms with Crippen LogP contribution >= 0.6 is 0 Å². The lowest BCUT2D eigenvalue weighted by Crippen LogP contribution is -2.15. The highest BCUT2D eigenvalue weighted by Crippen LogP contribution is 2.14. The third-order valence-electron chi connectivity index (χ3n) is 2.11. The molecule has 0 radical (unpaired) electrons. The first-order valence-corrected chi connectivity index (χ1v) is 5.22. The molecule has 0 heterocycles. The van der Waals surface area contributed by atoms with Crippen molar-refractivity contribution in [2.24, 2.45) is 0 Å². The Morgan fingerprint density at radius 3 is 2.87 bits per heavy atom. The lowest BCUT2D eigenvalue weighted by atomic mass is 10.2. The standard InChI is InChI=1S/C13H19NO/c1-4-12-7-5-8-13(11-12)15-10-6-9-14(2)3/h4-5,7-8,11H,1,6,9-10H2,2-3H3. The molecule has 0 fully saturated rings.